The quantitative estimate of drug-likeness (QED) is 0.627. The van der Waals surface area contributed by atoms with Crippen molar-refractivity contribution < 1.29 is 19.2 Å². The number of amides is 1. The van der Waals surface area contributed by atoms with Gasteiger partial charge in [-0.25, -0.2) is 4.79 Å². The van der Waals surface area contributed by atoms with Crippen LogP contribution < -0.4 is 4.74 Å². The maximum Gasteiger partial charge on any atom is 0.410 e. The number of carbonyl (C=O) groups is 1. The third kappa shape index (κ3) is 5.08. The molecule has 1 fully saturated rings. The van der Waals surface area contributed by atoms with Crippen molar-refractivity contribution in [2.75, 3.05) is 13.1 Å². The highest BCUT2D eigenvalue weighted by atomic mass is 16.6. The summed E-state index contributed by atoms with van der Waals surface area (Å²) in [5.41, 5.74) is -0.505. The van der Waals surface area contributed by atoms with Crippen LogP contribution in [0.5, 0.6) is 5.75 Å². The molecule has 1 aliphatic rings. The Labute approximate surface area is 134 Å². The summed E-state index contributed by atoms with van der Waals surface area (Å²) >= 11 is 0. The average Bonchev–Trinajstić information content (AvgIpc) is 2.46. The molecule has 8 heteroatoms. The van der Waals surface area contributed by atoms with Crippen molar-refractivity contribution in [2.45, 2.75) is 45.3 Å². The number of likely N-dealkylation sites (tertiary alicyclic amines) is 1. The molecule has 0 aromatic carbocycles. The van der Waals surface area contributed by atoms with Gasteiger partial charge in [-0.15, -0.1) is 0 Å². The standard InChI is InChI=1S/C15H21N3O5/c1-15(2,3)23-14(19)17-8-6-11(7-9-17)22-12-4-5-13(16-10-12)18(20)21/h4-5,10-11H,6-9H2,1-3H3. The molecule has 0 saturated carbocycles. The lowest BCUT2D eigenvalue weighted by atomic mass is 10.1. The van der Waals surface area contributed by atoms with Gasteiger partial charge in [-0.1, -0.05) is 0 Å². The fraction of sp³-hybridized carbons (Fsp3) is 0.600. The zero-order chi connectivity index (χ0) is 17.0. The fourth-order valence-electron chi connectivity index (χ4n) is 2.23. The number of piperidine rings is 1. The maximum absolute atomic E-state index is 12.0. The van der Waals surface area contributed by atoms with E-state index in [1.54, 1.807) is 4.90 Å². The van der Waals surface area contributed by atoms with Gasteiger partial charge in [0, 0.05) is 32.0 Å². The lowest BCUT2D eigenvalue weighted by Gasteiger charge is -2.33. The Morgan fingerprint density at radius 3 is 2.48 bits per heavy atom. The number of hydrogen-bond donors (Lipinski definition) is 0. The predicted octanol–water partition coefficient (Wildman–Crippen LogP) is 2.77. The van der Waals surface area contributed by atoms with Gasteiger partial charge in [0.25, 0.3) is 0 Å². The molecule has 0 atom stereocenters. The van der Waals surface area contributed by atoms with Crippen LogP contribution in [0.1, 0.15) is 33.6 Å². The minimum Gasteiger partial charge on any atom is -0.486 e. The number of nitro groups is 1. The molecular formula is C15H21N3O5. The second-order valence-corrected chi connectivity index (χ2v) is 6.39. The summed E-state index contributed by atoms with van der Waals surface area (Å²) in [5.74, 6) is 0.281. The number of ether oxygens (including phenoxy) is 2. The Morgan fingerprint density at radius 2 is 2.00 bits per heavy atom. The monoisotopic (exact) mass is 323 g/mol. The number of nitrogens with zero attached hydrogens (tertiary/aromatic N) is 3. The van der Waals surface area contributed by atoms with E-state index in [4.69, 9.17) is 9.47 Å². The van der Waals surface area contributed by atoms with Crippen LogP contribution in [0, 0.1) is 10.1 Å². The van der Waals surface area contributed by atoms with Crippen molar-refractivity contribution in [2.24, 2.45) is 0 Å². The molecule has 0 N–H and O–H groups in total. The van der Waals surface area contributed by atoms with E-state index in [2.05, 4.69) is 4.98 Å². The highest BCUT2D eigenvalue weighted by Gasteiger charge is 2.27. The first-order valence-electron chi connectivity index (χ1n) is 7.49. The van der Waals surface area contributed by atoms with Gasteiger partial charge in [0.05, 0.1) is 0 Å². The molecule has 0 unspecified atom stereocenters. The summed E-state index contributed by atoms with van der Waals surface area (Å²) in [5, 5.41) is 10.6. The minimum absolute atomic E-state index is 0.0445. The molecule has 23 heavy (non-hydrogen) atoms. The van der Waals surface area contributed by atoms with Crippen LogP contribution in [0.3, 0.4) is 0 Å². The highest BCUT2D eigenvalue weighted by Crippen LogP contribution is 2.21. The van der Waals surface area contributed by atoms with Crippen LogP contribution in [0.2, 0.25) is 0 Å². The zero-order valence-electron chi connectivity index (χ0n) is 13.5. The Morgan fingerprint density at radius 1 is 1.35 bits per heavy atom. The van der Waals surface area contributed by atoms with Crippen molar-refractivity contribution in [3.05, 3.63) is 28.4 Å². The van der Waals surface area contributed by atoms with Gasteiger partial charge in [-0.3, -0.25) is 0 Å². The van der Waals surface area contributed by atoms with E-state index < -0.39 is 10.5 Å². The number of hydrogen-bond acceptors (Lipinski definition) is 6. The molecule has 2 heterocycles. The van der Waals surface area contributed by atoms with Crippen LogP contribution in [0.25, 0.3) is 0 Å². The largest absolute Gasteiger partial charge is 0.486 e. The van der Waals surface area contributed by atoms with E-state index in [0.29, 0.717) is 31.7 Å². The lowest BCUT2D eigenvalue weighted by molar-refractivity contribution is -0.389. The molecule has 8 nitrogen and oxygen atoms in total. The van der Waals surface area contributed by atoms with Crippen molar-refractivity contribution in [3.8, 4) is 5.75 Å². The van der Waals surface area contributed by atoms with Crippen LogP contribution in [-0.2, 0) is 4.74 Å². The Balaban J connectivity index is 1.82. The molecule has 1 saturated heterocycles. The predicted molar refractivity (Wildman–Crippen MR) is 82.3 cm³/mol. The van der Waals surface area contributed by atoms with E-state index in [9.17, 15) is 14.9 Å². The molecule has 0 bridgehead atoms. The molecule has 1 aromatic rings. The lowest BCUT2D eigenvalue weighted by Crippen LogP contribution is -2.44. The molecule has 2 rings (SSSR count). The molecule has 126 valence electrons. The summed E-state index contributed by atoms with van der Waals surface area (Å²) in [6.07, 6.45) is 2.34. The number of aromatic nitrogens is 1. The highest BCUT2D eigenvalue weighted by molar-refractivity contribution is 5.68. The third-order valence-corrected chi connectivity index (χ3v) is 3.30. The van der Waals surface area contributed by atoms with Crippen molar-refractivity contribution in [1.29, 1.82) is 0 Å². The van der Waals surface area contributed by atoms with E-state index in [-0.39, 0.29) is 18.0 Å². The summed E-state index contributed by atoms with van der Waals surface area (Å²) in [6.45, 7) is 6.62. The normalized spacial score (nSPS) is 16.0. The average molecular weight is 323 g/mol. The fourth-order valence-corrected chi connectivity index (χ4v) is 2.23. The van der Waals surface area contributed by atoms with Crippen LogP contribution in [0.4, 0.5) is 10.6 Å². The Bertz CT molecular complexity index is 559. The Hall–Kier alpha value is -2.38. The summed E-state index contributed by atoms with van der Waals surface area (Å²) in [6, 6.07) is 2.84. The number of rotatable bonds is 3. The van der Waals surface area contributed by atoms with Crippen LogP contribution in [-0.4, -0.2) is 45.7 Å². The molecule has 0 radical (unpaired) electrons. The first-order valence-corrected chi connectivity index (χ1v) is 7.49. The van der Waals surface area contributed by atoms with Crippen molar-refractivity contribution >= 4 is 11.9 Å². The summed E-state index contributed by atoms with van der Waals surface area (Å²) in [7, 11) is 0. The third-order valence-electron chi connectivity index (χ3n) is 3.30. The van der Waals surface area contributed by atoms with Gasteiger partial charge in [0.15, 0.2) is 11.9 Å². The zero-order valence-corrected chi connectivity index (χ0v) is 13.5. The molecule has 1 aliphatic heterocycles. The van der Waals surface area contributed by atoms with Gasteiger partial charge in [0.1, 0.15) is 11.7 Å². The van der Waals surface area contributed by atoms with Gasteiger partial charge in [-0.2, -0.15) is 0 Å². The molecular weight excluding hydrogens is 302 g/mol. The first kappa shape index (κ1) is 17.0. The van der Waals surface area contributed by atoms with Gasteiger partial charge >= 0.3 is 11.9 Å². The Kier molecular flexibility index (Phi) is 5.02. The topological polar surface area (TPSA) is 94.8 Å². The minimum atomic E-state index is -0.552. The first-order chi connectivity index (χ1) is 10.7. The molecule has 1 amide bonds. The van der Waals surface area contributed by atoms with Crippen LogP contribution in [0.15, 0.2) is 18.3 Å². The van der Waals surface area contributed by atoms with Crippen LogP contribution >= 0.6 is 0 Å². The van der Waals surface area contributed by atoms with Gasteiger partial charge in [-0.05, 0) is 36.7 Å². The van der Waals surface area contributed by atoms with E-state index in [1.807, 2.05) is 20.8 Å². The molecule has 0 aliphatic carbocycles. The summed E-state index contributed by atoms with van der Waals surface area (Å²) in [4.78, 5) is 27.4. The number of carbonyl (C=O) groups excluding carboxylic acids is 1. The second-order valence-electron chi connectivity index (χ2n) is 6.39. The maximum atomic E-state index is 12.0. The van der Waals surface area contributed by atoms with Crippen molar-refractivity contribution in [1.82, 2.24) is 9.88 Å². The number of pyridine rings is 1. The molecule has 0 spiro atoms. The van der Waals surface area contributed by atoms with Gasteiger partial charge < -0.3 is 24.5 Å². The summed E-state index contributed by atoms with van der Waals surface area (Å²) < 4.78 is 11.1. The second kappa shape index (κ2) is 6.80. The smallest absolute Gasteiger partial charge is 0.410 e. The van der Waals surface area contributed by atoms with E-state index >= 15 is 0 Å². The molecule has 1 aromatic heterocycles. The van der Waals surface area contributed by atoms with E-state index in [1.165, 1.54) is 18.3 Å². The van der Waals surface area contributed by atoms with Gasteiger partial charge in [0.2, 0.25) is 0 Å². The van der Waals surface area contributed by atoms with Crippen molar-refractivity contribution in [3.63, 3.8) is 0 Å². The SMILES string of the molecule is CC(C)(C)OC(=O)N1CCC(Oc2ccc([N+](=O)[O-])nc2)CC1. The van der Waals surface area contributed by atoms with E-state index in [0.717, 1.165) is 0 Å².